The highest BCUT2D eigenvalue weighted by molar-refractivity contribution is 6.13. The molecule has 8 aromatic carbocycles. The number of hydrogen-bond acceptors (Lipinski definition) is 1. The van der Waals surface area contributed by atoms with E-state index in [0.29, 0.717) is 0 Å². The Morgan fingerprint density at radius 3 is 1.53 bits per heavy atom. The highest BCUT2D eigenvalue weighted by Gasteiger charge is 2.17. The summed E-state index contributed by atoms with van der Waals surface area (Å²) in [6.45, 7) is 2.01. The lowest BCUT2D eigenvalue weighted by Crippen LogP contribution is -1.94. The van der Waals surface area contributed by atoms with E-state index in [-0.39, 0.29) is 0 Å². The molecular weight excluding hydrogens is 705 g/mol. The Labute approximate surface area is 336 Å². The summed E-state index contributed by atoms with van der Waals surface area (Å²) in [6, 6.07) is 63.5. The third-order valence-electron chi connectivity index (χ3n) is 11.6. The zero-order chi connectivity index (χ0) is 38.7. The van der Waals surface area contributed by atoms with Gasteiger partial charge in [-0.05, 0) is 125 Å². The molecule has 0 N–H and O–H groups in total. The Kier molecular flexibility index (Phi) is 7.77. The molecule has 0 saturated carbocycles. The minimum atomic E-state index is 0.910. The molecule has 0 radical (unpaired) electrons. The fourth-order valence-corrected chi connectivity index (χ4v) is 8.87. The van der Waals surface area contributed by atoms with Crippen molar-refractivity contribution in [3.05, 3.63) is 200 Å². The number of furan rings is 1. The quantitative estimate of drug-likeness (QED) is 0.123. The van der Waals surface area contributed by atoms with Gasteiger partial charge in [0.1, 0.15) is 11.2 Å². The molecule has 0 aliphatic heterocycles. The van der Waals surface area contributed by atoms with Crippen molar-refractivity contribution in [1.29, 1.82) is 0 Å². The highest BCUT2D eigenvalue weighted by atomic mass is 16.3. The van der Waals surface area contributed by atoms with Crippen LogP contribution in [0.5, 0.6) is 0 Å². The van der Waals surface area contributed by atoms with E-state index in [2.05, 4.69) is 185 Å². The van der Waals surface area contributed by atoms with E-state index in [1.165, 1.54) is 65.9 Å². The summed E-state index contributed by atoms with van der Waals surface area (Å²) >= 11 is 0. The fourth-order valence-electron chi connectivity index (χ4n) is 8.87. The van der Waals surface area contributed by atoms with Crippen molar-refractivity contribution in [1.82, 2.24) is 9.13 Å². The molecule has 11 aromatic rings. The van der Waals surface area contributed by atoms with E-state index in [4.69, 9.17) is 10.8 Å². The maximum atomic E-state index is 6.09. The summed E-state index contributed by atoms with van der Waals surface area (Å²) < 4.78 is 10.8. The van der Waals surface area contributed by atoms with Gasteiger partial charge in [-0.1, -0.05) is 115 Å². The molecule has 3 nitrogen and oxygen atoms in total. The molecule has 58 heavy (non-hydrogen) atoms. The van der Waals surface area contributed by atoms with Gasteiger partial charge in [0.2, 0.25) is 0 Å². The second-order valence-electron chi connectivity index (χ2n) is 14.8. The Hall–Kier alpha value is -7.80. The Morgan fingerprint density at radius 1 is 0.466 bits per heavy atom. The lowest BCUT2D eigenvalue weighted by Gasteiger charge is -2.11. The first kappa shape index (κ1) is 33.5. The molecule has 0 bridgehead atoms. The predicted molar refractivity (Wildman–Crippen MR) is 245 cm³/mol. The molecule has 11 rings (SSSR count). The van der Waals surface area contributed by atoms with Gasteiger partial charge in [0.05, 0.1) is 22.1 Å². The number of aromatic nitrogens is 2. The van der Waals surface area contributed by atoms with E-state index >= 15 is 0 Å². The molecule has 0 unspecified atom stereocenters. The first-order valence-corrected chi connectivity index (χ1v) is 19.7. The van der Waals surface area contributed by atoms with Crippen LogP contribution < -0.4 is 0 Å². The predicted octanol–water partition coefficient (Wildman–Crippen LogP) is 14.7. The maximum Gasteiger partial charge on any atom is 0.135 e. The minimum absolute atomic E-state index is 0.910. The van der Waals surface area contributed by atoms with Gasteiger partial charge in [0.25, 0.3) is 0 Å². The summed E-state index contributed by atoms with van der Waals surface area (Å²) in [7, 11) is 0. The molecule has 3 heteroatoms. The van der Waals surface area contributed by atoms with Gasteiger partial charge < -0.3 is 13.6 Å². The third kappa shape index (κ3) is 5.31. The van der Waals surface area contributed by atoms with Crippen LogP contribution in [0.1, 0.15) is 12.5 Å². The smallest absolute Gasteiger partial charge is 0.135 e. The van der Waals surface area contributed by atoms with Gasteiger partial charge >= 0.3 is 0 Å². The first-order chi connectivity index (χ1) is 28.7. The fraction of sp³-hybridized carbons (Fsp3) is 0.0182. The summed E-state index contributed by atoms with van der Waals surface area (Å²) in [6.07, 6.45) is 11.5. The zero-order valence-corrected chi connectivity index (χ0v) is 31.9. The van der Waals surface area contributed by atoms with Crippen molar-refractivity contribution in [2.45, 2.75) is 6.92 Å². The Bertz CT molecular complexity index is 3510. The summed E-state index contributed by atoms with van der Waals surface area (Å²) in [5.74, 6) is 2.68. The molecule has 272 valence electrons. The normalized spacial score (nSPS) is 12.2. The number of para-hydroxylation sites is 3. The minimum Gasteiger partial charge on any atom is -0.456 e. The van der Waals surface area contributed by atoms with Crippen molar-refractivity contribution in [3.8, 4) is 46.0 Å². The number of hydrogen-bond donors (Lipinski definition) is 0. The lowest BCUT2D eigenvalue weighted by molar-refractivity contribution is 0.669. The molecular formula is C55H36N2O. The van der Waals surface area contributed by atoms with Crippen LogP contribution in [-0.4, -0.2) is 9.13 Å². The largest absolute Gasteiger partial charge is 0.456 e. The van der Waals surface area contributed by atoms with E-state index < -0.39 is 0 Å². The molecule has 0 atom stereocenters. The van der Waals surface area contributed by atoms with Gasteiger partial charge in [-0.25, -0.2) is 0 Å². The molecule has 0 aliphatic rings. The second-order valence-corrected chi connectivity index (χ2v) is 14.8. The zero-order valence-electron chi connectivity index (χ0n) is 31.9. The lowest BCUT2D eigenvalue weighted by atomic mass is 10.0. The van der Waals surface area contributed by atoms with Crippen LogP contribution in [0.15, 0.2) is 199 Å². The van der Waals surface area contributed by atoms with Crippen molar-refractivity contribution in [2.24, 2.45) is 0 Å². The summed E-state index contributed by atoms with van der Waals surface area (Å²) in [5, 5.41) is 7.19. The van der Waals surface area contributed by atoms with Crippen LogP contribution in [0.3, 0.4) is 0 Å². The maximum absolute atomic E-state index is 6.09. The molecule has 0 aliphatic carbocycles. The number of allylic oxidation sites excluding steroid dienone is 4. The highest BCUT2D eigenvalue weighted by Crippen LogP contribution is 2.39. The average molecular weight is 741 g/mol. The number of nitrogens with zero attached hydrogens (tertiary/aromatic N) is 2. The Morgan fingerprint density at radius 2 is 0.931 bits per heavy atom. The van der Waals surface area contributed by atoms with Crippen molar-refractivity contribution in [3.63, 3.8) is 0 Å². The first-order valence-electron chi connectivity index (χ1n) is 19.7. The van der Waals surface area contributed by atoms with Crippen LogP contribution in [0, 0.1) is 12.3 Å². The SMILES string of the molecule is C#C/C=C(\C=C/C)c1ccc(-n2c3ccccc3c3cc(-c4ccc5c(c4)c4ccccc4n5-c4ccc(-c5ccc6oc7ccccc7c6c5)cc4)ccc32)cc1. The summed E-state index contributed by atoms with van der Waals surface area (Å²) in [4.78, 5) is 0. The van der Waals surface area contributed by atoms with Gasteiger partial charge in [-0.3, -0.25) is 0 Å². The number of rotatable bonds is 6. The van der Waals surface area contributed by atoms with Gasteiger partial charge in [-0.2, -0.15) is 0 Å². The van der Waals surface area contributed by atoms with Gasteiger partial charge in [0, 0.05) is 43.7 Å². The standard InChI is InChI=1S/C55H36N2O/c1-3-11-36(12-4-2)37-19-26-42(27-20-37)56-50-16-8-5-13-44(50)47-33-40(23-30-52(47)56)41-24-31-53-48(34-41)45-14-6-9-17-51(45)57(53)43-28-21-38(22-29-43)39-25-32-55-49(35-39)46-15-7-10-18-54(46)58-55/h1,4-35H,2H3/b12-4-,36-11+. The van der Waals surface area contributed by atoms with Crippen LogP contribution >= 0.6 is 0 Å². The van der Waals surface area contributed by atoms with E-state index in [9.17, 15) is 0 Å². The molecule has 0 spiro atoms. The van der Waals surface area contributed by atoms with Gasteiger partial charge in [-0.15, -0.1) is 6.42 Å². The molecule has 0 amide bonds. The molecule has 3 aromatic heterocycles. The van der Waals surface area contributed by atoms with E-state index in [1.54, 1.807) is 0 Å². The van der Waals surface area contributed by atoms with Gasteiger partial charge in [0.15, 0.2) is 0 Å². The number of terminal acetylenes is 1. The van der Waals surface area contributed by atoms with Crippen LogP contribution in [0.2, 0.25) is 0 Å². The molecule has 0 saturated heterocycles. The molecule has 3 heterocycles. The van der Waals surface area contributed by atoms with E-state index in [0.717, 1.165) is 44.4 Å². The number of benzene rings is 8. The van der Waals surface area contributed by atoms with E-state index in [1.807, 2.05) is 31.2 Å². The average Bonchev–Trinajstić information content (AvgIpc) is 3.93. The van der Waals surface area contributed by atoms with Crippen LogP contribution in [0.25, 0.3) is 105 Å². The van der Waals surface area contributed by atoms with Crippen LogP contribution in [-0.2, 0) is 0 Å². The summed E-state index contributed by atoms with van der Waals surface area (Å²) in [5.41, 5.74) is 15.6. The van der Waals surface area contributed by atoms with Crippen molar-refractivity contribution < 1.29 is 4.42 Å². The molecule has 0 fully saturated rings. The monoisotopic (exact) mass is 740 g/mol. The topological polar surface area (TPSA) is 23.0 Å². The third-order valence-corrected chi connectivity index (χ3v) is 11.6. The number of fused-ring (bicyclic) bond motifs is 9. The Balaban J connectivity index is 0.982. The van der Waals surface area contributed by atoms with Crippen LogP contribution in [0.4, 0.5) is 0 Å². The van der Waals surface area contributed by atoms with Crippen molar-refractivity contribution >= 4 is 71.1 Å². The van der Waals surface area contributed by atoms with Crippen molar-refractivity contribution in [2.75, 3.05) is 0 Å². The second kappa shape index (κ2) is 13.4.